The minimum absolute atomic E-state index is 0.130. The predicted octanol–water partition coefficient (Wildman–Crippen LogP) is 0.379. The number of carbonyl (C=O) groups excluding carboxylic acids is 2. The van der Waals surface area contributed by atoms with Gasteiger partial charge in [0, 0.05) is 0 Å². The van der Waals surface area contributed by atoms with Crippen LogP contribution in [-0.2, 0) is 14.3 Å². The van der Waals surface area contributed by atoms with E-state index in [-0.39, 0.29) is 6.61 Å². The van der Waals surface area contributed by atoms with Gasteiger partial charge in [0.2, 0.25) is 5.71 Å². The third-order valence-corrected chi connectivity index (χ3v) is 2.42. The Labute approximate surface area is 114 Å². The highest BCUT2D eigenvalue weighted by Gasteiger charge is 2.19. The number of carbonyl (C=O) groups is 2. The summed E-state index contributed by atoms with van der Waals surface area (Å²) >= 11 is 0. The Bertz CT molecular complexity index is 677. The number of hydrogen-bond acceptors (Lipinski definition) is 6. The van der Waals surface area contributed by atoms with Gasteiger partial charge in [0.05, 0.1) is 29.7 Å². The van der Waals surface area contributed by atoms with Crippen LogP contribution in [0.2, 0.25) is 0 Å². The van der Waals surface area contributed by atoms with Crippen LogP contribution in [0.25, 0.3) is 11.0 Å². The highest BCUT2D eigenvalue weighted by atomic mass is 16.5. The molecule has 0 unspecified atom stereocenters. The standard InChI is InChI=1S/C12H13N5O3/c1-2-20-12(19)10(11(13)18)17-16-7-3-4-8-9(5-7)15-6-14-8/h3-6,16H,2H2,1H3,(H2,13,18)(H,14,15). The van der Waals surface area contributed by atoms with Crippen LogP contribution in [0, 0.1) is 0 Å². The van der Waals surface area contributed by atoms with Crippen molar-refractivity contribution in [1.29, 1.82) is 0 Å². The fourth-order valence-electron chi connectivity index (χ4n) is 1.53. The number of nitrogens with two attached hydrogens (primary N) is 1. The number of hydrazone groups is 1. The SMILES string of the molecule is CCOC(=O)C(=NNc1ccc2nc[nH]c2c1)C(N)=O. The third kappa shape index (κ3) is 2.91. The number of nitrogens with one attached hydrogen (secondary N) is 2. The molecule has 0 atom stereocenters. The van der Waals surface area contributed by atoms with Gasteiger partial charge in [-0.25, -0.2) is 9.78 Å². The molecule has 2 aromatic rings. The number of primary amides is 1. The van der Waals surface area contributed by atoms with E-state index in [2.05, 4.69) is 25.2 Å². The number of ether oxygens (including phenoxy) is 1. The van der Waals surface area contributed by atoms with Gasteiger partial charge in [-0.3, -0.25) is 10.2 Å². The van der Waals surface area contributed by atoms with Gasteiger partial charge in [0.15, 0.2) is 0 Å². The van der Waals surface area contributed by atoms with E-state index in [4.69, 9.17) is 5.73 Å². The maximum Gasteiger partial charge on any atom is 0.364 e. The maximum absolute atomic E-state index is 11.5. The Morgan fingerprint density at radius 3 is 3.00 bits per heavy atom. The van der Waals surface area contributed by atoms with E-state index in [1.165, 1.54) is 0 Å². The molecule has 1 aromatic heterocycles. The highest BCUT2D eigenvalue weighted by Crippen LogP contribution is 2.15. The highest BCUT2D eigenvalue weighted by molar-refractivity contribution is 6.63. The molecule has 1 amide bonds. The molecule has 0 aliphatic heterocycles. The Morgan fingerprint density at radius 1 is 1.50 bits per heavy atom. The molecule has 104 valence electrons. The number of aromatic nitrogens is 2. The van der Waals surface area contributed by atoms with E-state index in [0.717, 1.165) is 11.0 Å². The van der Waals surface area contributed by atoms with Crippen molar-refractivity contribution in [2.45, 2.75) is 6.92 Å². The van der Waals surface area contributed by atoms with E-state index in [9.17, 15) is 9.59 Å². The zero-order valence-corrected chi connectivity index (χ0v) is 10.7. The summed E-state index contributed by atoms with van der Waals surface area (Å²) in [6, 6.07) is 5.20. The Morgan fingerprint density at radius 2 is 2.30 bits per heavy atom. The minimum atomic E-state index is -0.960. The lowest BCUT2D eigenvalue weighted by Gasteiger charge is -2.04. The molecule has 2 rings (SSSR count). The van der Waals surface area contributed by atoms with E-state index >= 15 is 0 Å². The second kappa shape index (κ2) is 5.83. The van der Waals surface area contributed by atoms with Crippen molar-refractivity contribution >= 4 is 34.3 Å². The van der Waals surface area contributed by atoms with Crippen LogP contribution in [0.5, 0.6) is 0 Å². The van der Waals surface area contributed by atoms with Crippen molar-refractivity contribution in [3.8, 4) is 0 Å². The molecule has 0 saturated heterocycles. The van der Waals surface area contributed by atoms with Gasteiger partial charge in [-0.2, -0.15) is 5.10 Å². The van der Waals surface area contributed by atoms with Gasteiger partial charge >= 0.3 is 5.97 Å². The zero-order valence-electron chi connectivity index (χ0n) is 10.7. The molecule has 8 heteroatoms. The number of fused-ring (bicyclic) bond motifs is 1. The lowest BCUT2D eigenvalue weighted by molar-refractivity contribution is -0.135. The number of amides is 1. The molecule has 0 saturated carbocycles. The number of aromatic amines is 1. The molecule has 0 aliphatic rings. The van der Waals surface area contributed by atoms with Crippen LogP contribution in [0.4, 0.5) is 5.69 Å². The van der Waals surface area contributed by atoms with Crippen molar-refractivity contribution in [2.24, 2.45) is 10.8 Å². The van der Waals surface area contributed by atoms with Crippen LogP contribution in [0.15, 0.2) is 29.6 Å². The molecule has 8 nitrogen and oxygen atoms in total. The summed E-state index contributed by atoms with van der Waals surface area (Å²) in [6.07, 6.45) is 1.56. The molecule has 20 heavy (non-hydrogen) atoms. The van der Waals surface area contributed by atoms with E-state index < -0.39 is 17.6 Å². The number of nitrogens with zero attached hydrogens (tertiary/aromatic N) is 2. The summed E-state index contributed by atoms with van der Waals surface area (Å²) in [7, 11) is 0. The fourth-order valence-corrected chi connectivity index (χ4v) is 1.53. The zero-order chi connectivity index (χ0) is 14.5. The minimum Gasteiger partial charge on any atom is -0.461 e. The van der Waals surface area contributed by atoms with Crippen molar-refractivity contribution < 1.29 is 14.3 Å². The van der Waals surface area contributed by atoms with Crippen molar-refractivity contribution in [2.75, 3.05) is 12.0 Å². The molecule has 0 bridgehead atoms. The van der Waals surface area contributed by atoms with Crippen molar-refractivity contribution in [3.63, 3.8) is 0 Å². The number of hydrogen-bond donors (Lipinski definition) is 3. The lowest BCUT2D eigenvalue weighted by Crippen LogP contribution is -2.33. The molecular weight excluding hydrogens is 262 g/mol. The van der Waals surface area contributed by atoms with Crippen LogP contribution >= 0.6 is 0 Å². The van der Waals surface area contributed by atoms with Gasteiger partial charge in [0.25, 0.3) is 5.91 Å². The largest absolute Gasteiger partial charge is 0.461 e. The third-order valence-electron chi connectivity index (χ3n) is 2.42. The monoisotopic (exact) mass is 275 g/mol. The summed E-state index contributed by atoms with van der Waals surface area (Å²) in [4.78, 5) is 29.6. The number of rotatable bonds is 5. The van der Waals surface area contributed by atoms with Gasteiger partial charge in [-0.1, -0.05) is 0 Å². The number of esters is 1. The molecular formula is C12H13N5O3. The van der Waals surface area contributed by atoms with Gasteiger partial charge in [-0.15, -0.1) is 0 Å². The Hall–Kier alpha value is -2.90. The smallest absolute Gasteiger partial charge is 0.364 e. The second-order valence-electron chi connectivity index (χ2n) is 3.79. The number of H-pyrrole nitrogens is 1. The first-order chi connectivity index (χ1) is 9.61. The summed E-state index contributed by atoms with van der Waals surface area (Å²) in [5, 5.41) is 3.69. The van der Waals surface area contributed by atoms with Crippen molar-refractivity contribution in [1.82, 2.24) is 9.97 Å². The topological polar surface area (TPSA) is 122 Å². The van der Waals surface area contributed by atoms with Crippen LogP contribution in [0.3, 0.4) is 0 Å². The molecule has 1 aromatic carbocycles. The number of imidazole rings is 1. The first kappa shape index (κ1) is 13.5. The van der Waals surface area contributed by atoms with Gasteiger partial charge in [0.1, 0.15) is 0 Å². The maximum atomic E-state index is 11.5. The van der Waals surface area contributed by atoms with Crippen LogP contribution < -0.4 is 11.2 Å². The first-order valence-corrected chi connectivity index (χ1v) is 5.85. The summed E-state index contributed by atoms with van der Waals surface area (Å²) < 4.78 is 4.68. The van der Waals surface area contributed by atoms with Gasteiger partial charge < -0.3 is 15.5 Å². The van der Waals surface area contributed by atoms with E-state index in [1.54, 1.807) is 31.5 Å². The quantitative estimate of drug-likeness (QED) is 0.315. The second-order valence-corrected chi connectivity index (χ2v) is 3.79. The number of benzene rings is 1. The average Bonchev–Trinajstić information content (AvgIpc) is 2.86. The van der Waals surface area contributed by atoms with Gasteiger partial charge in [-0.05, 0) is 25.1 Å². The van der Waals surface area contributed by atoms with Crippen molar-refractivity contribution in [3.05, 3.63) is 24.5 Å². The number of anilines is 1. The molecule has 4 N–H and O–H groups in total. The van der Waals surface area contributed by atoms with Crippen LogP contribution in [-0.4, -0.2) is 34.2 Å². The summed E-state index contributed by atoms with van der Waals surface area (Å²) in [5.41, 5.74) is 9.33. The predicted molar refractivity (Wildman–Crippen MR) is 73.0 cm³/mol. The lowest BCUT2D eigenvalue weighted by atomic mass is 10.3. The Kier molecular flexibility index (Phi) is 3.94. The first-order valence-electron chi connectivity index (χ1n) is 5.85. The Balaban J connectivity index is 2.19. The van der Waals surface area contributed by atoms with E-state index in [1.807, 2.05) is 0 Å². The summed E-state index contributed by atoms with van der Waals surface area (Å²) in [6.45, 7) is 1.75. The molecule has 1 heterocycles. The van der Waals surface area contributed by atoms with Crippen LogP contribution in [0.1, 0.15) is 6.92 Å². The summed E-state index contributed by atoms with van der Waals surface area (Å²) in [5.74, 6) is -1.83. The average molecular weight is 275 g/mol. The fraction of sp³-hybridized carbons (Fsp3) is 0.167. The molecule has 0 spiro atoms. The molecule has 0 fully saturated rings. The van der Waals surface area contributed by atoms with E-state index in [0.29, 0.717) is 5.69 Å². The normalized spacial score (nSPS) is 11.3. The molecule has 0 aliphatic carbocycles. The molecule has 0 radical (unpaired) electrons.